The largest absolute Gasteiger partial charge is 0.384 e. The zero-order valence-corrected chi connectivity index (χ0v) is 11.1. The molecule has 0 saturated carbocycles. The van der Waals surface area contributed by atoms with Crippen molar-refractivity contribution in [2.45, 2.75) is 0 Å². The molecule has 2 aromatic rings. The van der Waals surface area contributed by atoms with Crippen molar-refractivity contribution < 1.29 is 4.39 Å². The molecule has 0 aliphatic carbocycles. The predicted octanol–water partition coefficient (Wildman–Crippen LogP) is 3.53. The molecule has 0 unspecified atom stereocenters. The molecule has 2 aromatic carbocycles. The van der Waals surface area contributed by atoms with Crippen molar-refractivity contribution >= 4 is 28.8 Å². The number of nitrogen functional groups attached to an aromatic ring is 1. The highest BCUT2D eigenvalue weighted by Crippen LogP contribution is 2.28. The van der Waals surface area contributed by atoms with Crippen LogP contribution < -0.4 is 10.6 Å². The highest BCUT2D eigenvalue weighted by atomic mass is 35.5. The van der Waals surface area contributed by atoms with Crippen LogP contribution in [0.4, 0.5) is 15.8 Å². The first-order valence-electron chi connectivity index (χ1n) is 5.62. The van der Waals surface area contributed by atoms with E-state index in [2.05, 4.69) is 0 Å². The summed E-state index contributed by atoms with van der Waals surface area (Å²) in [7, 11) is 1.85. The fourth-order valence-corrected chi connectivity index (χ4v) is 2.02. The number of benzene rings is 2. The minimum Gasteiger partial charge on any atom is -0.384 e. The highest BCUT2D eigenvalue weighted by Gasteiger charge is 2.08. The van der Waals surface area contributed by atoms with E-state index < -0.39 is 0 Å². The van der Waals surface area contributed by atoms with Gasteiger partial charge in [-0.05, 0) is 42.5 Å². The van der Waals surface area contributed by atoms with Crippen molar-refractivity contribution in [3.8, 4) is 0 Å². The summed E-state index contributed by atoms with van der Waals surface area (Å²) < 4.78 is 12.9. The van der Waals surface area contributed by atoms with Gasteiger partial charge in [0.15, 0.2) is 0 Å². The zero-order valence-electron chi connectivity index (χ0n) is 10.3. The lowest BCUT2D eigenvalue weighted by Gasteiger charge is -2.20. The highest BCUT2D eigenvalue weighted by molar-refractivity contribution is 6.34. The average Bonchev–Trinajstić information content (AvgIpc) is 2.38. The molecule has 0 radical (unpaired) electrons. The molecule has 0 heterocycles. The Hall–Kier alpha value is -2.07. The SMILES string of the molecule is CN(c1ccc(F)cc1)c1ccc(C(=N)N)c(Cl)c1. The molecule has 0 amide bonds. The van der Waals surface area contributed by atoms with Gasteiger partial charge in [0.2, 0.25) is 0 Å². The van der Waals surface area contributed by atoms with Crippen LogP contribution >= 0.6 is 11.6 Å². The second kappa shape index (κ2) is 5.28. The summed E-state index contributed by atoms with van der Waals surface area (Å²) in [4.78, 5) is 1.87. The van der Waals surface area contributed by atoms with Crippen LogP contribution in [0.3, 0.4) is 0 Å². The summed E-state index contributed by atoms with van der Waals surface area (Å²) in [6.45, 7) is 0. The van der Waals surface area contributed by atoms with Crippen molar-refractivity contribution in [1.82, 2.24) is 0 Å². The van der Waals surface area contributed by atoms with Gasteiger partial charge >= 0.3 is 0 Å². The fraction of sp³-hybridized carbons (Fsp3) is 0.0714. The Morgan fingerprint density at radius 2 is 1.74 bits per heavy atom. The number of nitrogens with one attached hydrogen (secondary N) is 1. The summed E-state index contributed by atoms with van der Waals surface area (Å²) >= 11 is 6.07. The third-order valence-corrected chi connectivity index (χ3v) is 3.16. The van der Waals surface area contributed by atoms with Crippen molar-refractivity contribution in [2.24, 2.45) is 5.73 Å². The maximum Gasteiger partial charge on any atom is 0.124 e. The van der Waals surface area contributed by atoms with E-state index in [-0.39, 0.29) is 11.7 Å². The molecule has 5 heteroatoms. The topological polar surface area (TPSA) is 53.1 Å². The quantitative estimate of drug-likeness (QED) is 0.666. The normalized spacial score (nSPS) is 10.3. The van der Waals surface area contributed by atoms with Crippen LogP contribution in [0.2, 0.25) is 5.02 Å². The third-order valence-electron chi connectivity index (χ3n) is 2.84. The lowest BCUT2D eigenvalue weighted by molar-refractivity contribution is 0.628. The number of nitrogens with zero attached hydrogens (tertiary/aromatic N) is 1. The first kappa shape index (κ1) is 13.4. The molecule has 0 aromatic heterocycles. The lowest BCUT2D eigenvalue weighted by atomic mass is 10.1. The van der Waals surface area contributed by atoms with Gasteiger partial charge in [-0.2, -0.15) is 0 Å². The standard InChI is InChI=1S/C14H13ClFN3/c1-19(10-4-2-9(16)3-5-10)11-6-7-12(14(17)18)13(15)8-11/h2-8H,1H3,(H3,17,18). The van der Waals surface area contributed by atoms with Crippen molar-refractivity contribution in [1.29, 1.82) is 5.41 Å². The summed E-state index contributed by atoms with van der Waals surface area (Å²) in [6, 6.07) is 11.4. The van der Waals surface area contributed by atoms with E-state index in [9.17, 15) is 4.39 Å². The number of anilines is 2. The van der Waals surface area contributed by atoms with E-state index in [0.29, 0.717) is 10.6 Å². The predicted molar refractivity (Wildman–Crippen MR) is 76.9 cm³/mol. The number of hydrogen-bond acceptors (Lipinski definition) is 2. The number of amidine groups is 1. The third kappa shape index (κ3) is 2.85. The molecule has 3 nitrogen and oxygen atoms in total. The number of halogens is 2. The van der Waals surface area contributed by atoms with Gasteiger partial charge in [0.1, 0.15) is 11.7 Å². The molecule has 0 spiro atoms. The number of hydrogen-bond donors (Lipinski definition) is 2. The summed E-state index contributed by atoms with van der Waals surface area (Å²) in [5.74, 6) is -0.344. The van der Waals surface area contributed by atoms with Gasteiger partial charge in [0.25, 0.3) is 0 Å². The van der Waals surface area contributed by atoms with Crippen LogP contribution in [0.25, 0.3) is 0 Å². The lowest BCUT2D eigenvalue weighted by Crippen LogP contribution is -2.13. The van der Waals surface area contributed by atoms with E-state index in [4.69, 9.17) is 22.7 Å². The average molecular weight is 278 g/mol. The summed E-state index contributed by atoms with van der Waals surface area (Å²) in [5, 5.41) is 7.80. The van der Waals surface area contributed by atoms with Crippen LogP contribution in [0.15, 0.2) is 42.5 Å². The Bertz CT molecular complexity index is 611. The van der Waals surface area contributed by atoms with E-state index in [1.165, 1.54) is 12.1 Å². The van der Waals surface area contributed by atoms with Crippen molar-refractivity contribution in [2.75, 3.05) is 11.9 Å². The first-order valence-corrected chi connectivity index (χ1v) is 6.00. The van der Waals surface area contributed by atoms with Crippen LogP contribution in [0.5, 0.6) is 0 Å². The maximum atomic E-state index is 12.9. The monoisotopic (exact) mass is 277 g/mol. The van der Waals surface area contributed by atoms with Gasteiger partial charge in [-0.3, -0.25) is 5.41 Å². The van der Waals surface area contributed by atoms with E-state index >= 15 is 0 Å². The van der Waals surface area contributed by atoms with E-state index in [1.807, 2.05) is 18.0 Å². The van der Waals surface area contributed by atoms with Crippen LogP contribution in [0.1, 0.15) is 5.56 Å². The zero-order chi connectivity index (χ0) is 14.0. The summed E-state index contributed by atoms with van der Waals surface area (Å²) in [5.41, 5.74) is 7.59. The van der Waals surface area contributed by atoms with Crippen molar-refractivity contribution in [3.63, 3.8) is 0 Å². The maximum absolute atomic E-state index is 12.9. The minimum absolute atomic E-state index is 0.0685. The molecular formula is C14H13ClFN3. The second-order valence-electron chi connectivity index (χ2n) is 4.11. The van der Waals surface area contributed by atoms with Crippen LogP contribution in [-0.2, 0) is 0 Å². The Labute approximate surface area is 115 Å². The van der Waals surface area contributed by atoms with E-state index in [1.54, 1.807) is 24.3 Å². The number of nitrogens with two attached hydrogens (primary N) is 1. The molecule has 19 heavy (non-hydrogen) atoms. The van der Waals surface area contributed by atoms with Gasteiger partial charge in [-0.1, -0.05) is 11.6 Å². The molecular weight excluding hydrogens is 265 g/mol. The molecule has 0 fully saturated rings. The second-order valence-corrected chi connectivity index (χ2v) is 4.52. The smallest absolute Gasteiger partial charge is 0.124 e. The molecule has 3 N–H and O–H groups in total. The Balaban J connectivity index is 2.34. The van der Waals surface area contributed by atoms with Crippen LogP contribution in [-0.4, -0.2) is 12.9 Å². The minimum atomic E-state index is -0.276. The van der Waals surface area contributed by atoms with Gasteiger partial charge in [-0.25, -0.2) is 4.39 Å². The van der Waals surface area contributed by atoms with Gasteiger partial charge < -0.3 is 10.6 Å². The Morgan fingerprint density at radius 1 is 1.16 bits per heavy atom. The Kier molecular flexibility index (Phi) is 3.71. The molecule has 98 valence electrons. The van der Waals surface area contributed by atoms with Gasteiger partial charge in [0, 0.05) is 24.0 Å². The molecule has 0 atom stereocenters. The van der Waals surface area contributed by atoms with E-state index in [0.717, 1.165) is 11.4 Å². The summed E-state index contributed by atoms with van der Waals surface area (Å²) in [6.07, 6.45) is 0. The van der Waals surface area contributed by atoms with Gasteiger partial charge in [0.05, 0.1) is 5.02 Å². The van der Waals surface area contributed by atoms with Crippen LogP contribution in [0, 0.1) is 11.2 Å². The molecule has 0 saturated heterocycles. The fourth-order valence-electron chi connectivity index (χ4n) is 1.74. The molecule has 0 aliphatic rings. The first-order chi connectivity index (χ1) is 8.99. The number of rotatable bonds is 3. The Morgan fingerprint density at radius 3 is 2.26 bits per heavy atom. The molecule has 0 aliphatic heterocycles. The molecule has 2 rings (SSSR count). The molecule has 0 bridgehead atoms. The van der Waals surface area contributed by atoms with Crippen molar-refractivity contribution in [3.05, 3.63) is 58.9 Å². The van der Waals surface area contributed by atoms with Gasteiger partial charge in [-0.15, -0.1) is 0 Å².